The highest BCUT2D eigenvalue weighted by atomic mass is 16.5. The van der Waals surface area contributed by atoms with Gasteiger partial charge in [0.2, 0.25) is 0 Å². The molecule has 1 aromatic rings. The largest absolute Gasteiger partial charge is 0.491 e. The normalized spacial score (nSPS) is 11.1. The smallest absolute Gasteiger partial charge is 0.119 e. The standard InChI is InChI=1S/C16H27NO/c1-6-7-12-17(13(2)3)15-8-10-16(11-9-15)18-14(4)5/h8-11,13-14H,6-7,12H2,1-5H3. The lowest BCUT2D eigenvalue weighted by molar-refractivity contribution is 0.242. The van der Waals surface area contributed by atoms with Crippen LogP contribution in [0.15, 0.2) is 24.3 Å². The molecule has 0 heterocycles. The van der Waals surface area contributed by atoms with Gasteiger partial charge >= 0.3 is 0 Å². The Morgan fingerprint density at radius 2 is 1.67 bits per heavy atom. The lowest BCUT2D eigenvalue weighted by Crippen LogP contribution is -2.31. The van der Waals surface area contributed by atoms with Gasteiger partial charge in [-0.15, -0.1) is 0 Å². The van der Waals surface area contributed by atoms with Crippen molar-refractivity contribution in [2.75, 3.05) is 11.4 Å². The number of ether oxygens (including phenoxy) is 1. The average Bonchev–Trinajstić information content (AvgIpc) is 2.30. The van der Waals surface area contributed by atoms with Crippen molar-refractivity contribution in [3.8, 4) is 5.75 Å². The Bertz CT molecular complexity index is 329. The SMILES string of the molecule is CCCCN(c1ccc(OC(C)C)cc1)C(C)C. The molecule has 0 bridgehead atoms. The molecule has 0 spiro atoms. The van der Waals surface area contributed by atoms with Crippen molar-refractivity contribution in [1.82, 2.24) is 0 Å². The van der Waals surface area contributed by atoms with E-state index in [1.54, 1.807) is 0 Å². The van der Waals surface area contributed by atoms with Crippen molar-refractivity contribution in [3.63, 3.8) is 0 Å². The van der Waals surface area contributed by atoms with Crippen molar-refractivity contribution < 1.29 is 4.74 Å². The summed E-state index contributed by atoms with van der Waals surface area (Å²) in [5.74, 6) is 0.952. The maximum atomic E-state index is 5.67. The molecule has 2 heteroatoms. The Morgan fingerprint density at radius 3 is 2.11 bits per heavy atom. The second-order valence-electron chi connectivity index (χ2n) is 5.30. The zero-order valence-corrected chi connectivity index (χ0v) is 12.4. The summed E-state index contributed by atoms with van der Waals surface area (Å²) in [5, 5.41) is 0. The fraction of sp³-hybridized carbons (Fsp3) is 0.625. The Balaban J connectivity index is 2.73. The average molecular weight is 249 g/mol. The topological polar surface area (TPSA) is 12.5 Å². The summed E-state index contributed by atoms with van der Waals surface area (Å²) < 4.78 is 5.67. The number of hydrogen-bond donors (Lipinski definition) is 0. The molecule has 1 rings (SSSR count). The van der Waals surface area contributed by atoms with Gasteiger partial charge in [-0.2, -0.15) is 0 Å². The maximum Gasteiger partial charge on any atom is 0.119 e. The van der Waals surface area contributed by atoms with Crippen LogP contribution in [0.3, 0.4) is 0 Å². The van der Waals surface area contributed by atoms with Gasteiger partial charge in [-0.3, -0.25) is 0 Å². The van der Waals surface area contributed by atoms with Crippen molar-refractivity contribution in [2.24, 2.45) is 0 Å². The summed E-state index contributed by atoms with van der Waals surface area (Å²) in [6.45, 7) is 11.9. The molecule has 0 aliphatic heterocycles. The second-order valence-corrected chi connectivity index (χ2v) is 5.30. The summed E-state index contributed by atoms with van der Waals surface area (Å²) in [7, 11) is 0. The first-order chi connectivity index (χ1) is 8.54. The minimum atomic E-state index is 0.233. The first-order valence-electron chi connectivity index (χ1n) is 7.08. The van der Waals surface area contributed by atoms with Crippen LogP contribution >= 0.6 is 0 Å². The molecule has 18 heavy (non-hydrogen) atoms. The van der Waals surface area contributed by atoms with Crippen LogP contribution in [-0.2, 0) is 0 Å². The molecule has 2 nitrogen and oxygen atoms in total. The van der Waals surface area contributed by atoms with Gasteiger partial charge < -0.3 is 9.64 Å². The predicted molar refractivity (Wildman–Crippen MR) is 79.6 cm³/mol. The summed E-state index contributed by atoms with van der Waals surface area (Å²) in [6.07, 6.45) is 2.71. The van der Waals surface area contributed by atoms with Crippen LogP contribution in [0.5, 0.6) is 5.75 Å². The molecule has 0 aliphatic carbocycles. The summed E-state index contributed by atoms with van der Waals surface area (Å²) >= 11 is 0. The van der Waals surface area contributed by atoms with Crippen molar-refractivity contribution in [3.05, 3.63) is 24.3 Å². The number of hydrogen-bond acceptors (Lipinski definition) is 2. The lowest BCUT2D eigenvalue weighted by Gasteiger charge is -2.29. The molecule has 0 unspecified atom stereocenters. The third-order valence-electron chi connectivity index (χ3n) is 2.92. The molecule has 0 aliphatic rings. The molecule has 1 aromatic carbocycles. The monoisotopic (exact) mass is 249 g/mol. The highest BCUT2D eigenvalue weighted by molar-refractivity contribution is 5.49. The van der Waals surface area contributed by atoms with Crippen LogP contribution in [0, 0.1) is 0 Å². The fourth-order valence-corrected chi connectivity index (χ4v) is 2.00. The van der Waals surface area contributed by atoms with Gasteiger partial charge in [0.1, 0.15) is 5.75 Å². The molecule has 0 fully saturated rings. The molecular formula is C16H27NO. The van der Waals surface area contributed by atoms with Gasteiger partial charge in [0.05, 0.1) is 6.10 Å². The first-order valence-corrected chi connectivity index (χ1v) is 7.08. The van der Waals surface area contributed by atoms with E-state index in [2.05, 4.69) is 63.8 Å². The molecule has 0 radical (unpaired) electrons. The van der Waals surface area contributed by atoms with E-state index in [-0.39, 0.29) is 6.10 Å². The van der Waals surface area contributed by atoms with Gasteiger partial charge in [0.25, 0.3) is 0 Å². The van der Waals surface area contributed by atoms with Crippen LogP contribution in [0.2, 0.25) is 0 Å². The highest BCUT2D eigenvalue weighted by Gasteiger charge is 2.10. The number of unbranched alkanes of at least 4 members (excludes halogenated alkanes) is 1. The minimum absolute atomic E-state index is 0.233. The predicted octanol–water partition coefficient (Wildman–Crippen LogP) is 4.49. The quantitative estimate of drug-likeness (QED) is 0.706. The van der Waals surface area contributed by atoms with E-state index in [1.807, 2.05) is 0 Å². The van der Waals surface area contributed by atoms with Gasteiger partial charge in [-0.05, 0) is 58.4 Å². The number of benzene rings is 1. The van der Waals surface area contributed by atoms with Crippen LogP contribution < -0.4 is 9.64 Å². The molecular weight excluding hydrogens is 222 g/mol. The van der Waals surface area contributed by atoms with E-state index in [0.717, 1.165) is 12.3 Å². The number of anilines is 1. The fourth-order valence-electron chi connectivity index (χ4n) is 2.00. The Labute approximate surface area is 112 Å². The Hall–Kier alpha value is -1.18. The summed E-state index contributed by atoms with van der Waals surface area (Å²) in [4.78, 5) is 2.45. The number of nitrogens with zero attached hydrogens (tertiary/aromatic N) is 1. The van der Waals surface area contributed by atoms with Gasteiger partial charge in [-0.1, -0.05) is 13.3 Å². The summed E-state index contributed by atoms with van der Waals surface area (Å²) in [5.41, 5.74) is 1.29. The van der Waals surface area contributed by atoms with E-state index >= 15 is 0 Å². The third kappa shape index (κ3) is 4.59. The zero-order valence-electron chi connectivity index (χ0n) is 12.4. The van der Waals surface area contributed by atoms with E-state index in [0.29, 0.717) is 6.04 Å². The van der Waals surface area contributed by atoms with E-state index in [1.165, 1.54) is 18.5 Å². The second kappa shape index (κ2) is 7.30. The maximum absolute atomic E-state index is 5.67. The van der Waals surface area contributed by atoms with Crippen molar-refractivity contribution in [1.29, 1.82) is 0 Å². The Morgan fingerprint density at radius 1 is 1.06 bits per heavy atom. The lowest BCUT2D eigenvalue weighted by atomic mass is 10.2. The van der Waals surface area contributed by atoms with Crippen LogP contribution in [0.25, 0.3) is 0 Å². The minimum Gasteiger partial charge on any atom is -0.491 e. The van der Waals surface area contributed by atoms with Crippen LogP contribution in [0.1, 0.15) is 47.5 Å². The third-order valence-corrected chi connectivity index (χ3v) is 2.92. The van der Waals surface area contributed by atoms with E-state index < -0.39 is 0 Å². The van der Waals surface area contributed by atoms with Gasteiger partial charge in [0.15, 0.2) is 0 Å². The molecule has 0 aromatic heterocycles. The zero-order chi connectivity index (χ0) is 13.5. The van der Waals surface area contributed by atoms with Gasteiger partial charge in [-0.25, -0.2) is 0 Å². The first kappa shape index (κ1) is 14.9. The van der Waals surface area contributed by atoms with Crippen molar-refractivity contribution >= 4 is 5.69 Å². The Kier molecular flexibility index (Phi) is 6.03. The molecule has 0 N–H and O–H groups in total. The molecule has 102 valence electrons. The molecule has 0 amide bonds. The molecule has 0 atom stereocenters. The molecule has 0 saturated carbocycles. The number of rotatable bonds is 7. The molecule has 0 saturated heterocycles. The van der Waals surface area contributed by atoms with Crippen LogP contribution in [-0.4, -0.2) is 18.7 Å². The van der Waals surface area contributed by atoms with E-state index in [4.69, 9.17) is 4.74 Å². The summed E-state index contributed by atoms with van der Waals surface area (Å²) in [6, 6.07) is 8.99. The van der Waals surface area contributed by atoms with E-state index in [9.17, 15) is 0 Å². The highest BCUT2D eigenvalue weighted by Crippen LogP contribution is 2.22. The van der Waals surface area contributed by atoms with Gasteiger partial charge in [0, 0.05) is 18.3 Å². The van der Waals surface area contributed by atoms with Crippen LogP contribution in [0.4, 0.5) is 5.69 Å². The van der Waals surface area contributed by atoms with Crippen molar-refractivity contribution in [2.45, 2.75) is 59.6 Å².